The Morgan fingerprint density at radius 2 is 1.96 bits per heavy atom. The fourth-order valence-corrected chi connectivity index (χ4v) is 3.75. The third-order valence-corrected chi connectivity index (χ3v) is 5.52. The van der Waals surface area contributed by atoms with Gasteiger partial charge in [-0.3, -0.25) is 9.59 Å². The average molecular weight is 397 g/mol. The van der Waals surface area contributed by atoms with Crippen molar-refractivity contribution in [1.29, 1.82) is 0 Å². The Morgan fingerprint density at radius 1 is 1.22 bits per heavy atom. The number of piperidine rings is 1. The molecule has 9 heteroatoms. The van der Waals surface area contributed by atoms with E-state index in [4.69, 9.17) is 0 Å². The molecule has 3 rings (SSSR count). The lowest BCUT2D eigenvalue weighted by molar-refractivity contribution is -0.137. The molecule has 0 aliphatic carbocycles. The first-order valence-corrected chi connectivity index (χ1v) is 9.25. The SMILES string of the molecule is CC(=O)c1ccc(C(=O)NC2CCCN(c3ccc(C(F)(F)F)cn3)C2)s1. The topological polar surface area (TPSA) is 62.3 Å². The largest absolute Gasteiger partial charge is 0.417 e. The first kappa shape index (κ1) is 19.3. The van der Waals surface area contributed by atoms with Crippen molar-refractivity contribution in [2.24, 2.45) is 0 Å². The van der Waals surface area contributed by atoms with Gasteiger partial charge in [0.15, 0.2) is 5.78 Å². The number of hydrogen-bond donors (Lipinski definition) is 1. The monoisotopic (exact) mass is 397 g/mol. The quantitative estimate of drug-likeness (QED) is 0.798. The van der Waals surface area contributed by atoms with E-state index >= 15 is 0 Å². The number of hydrogen-bond acceptors (Lipinski definition) is 5. The van der Waals surface area contributed by atoms with Crippen LogP contribution in [0.5, 0.6) is 0 Å². The third-order valence-electron chi connectivity index (χ3n) is 4.33. The summed E-state index contributed by atoms with van der Waals surface area (Å²) in [5, 5.41) is 2.93. The van der Waals surface area contributed by atoms with Crippen LogP contribution >= 0.6 is 11.3 Å². The first-order chi connectivity index (χ1) is 12.7. The summed E-state index contributed by atoms with van der Waals surface area (Å²) >= 11 is 1.14. The highest BCUT2D eigenvalue weighted by atomic mass is 32.1. The van der Waals surface area contributed by atoms with E-state index in [-0.39, 0.29) is 17.7 Å². The molecule has 2 aromatic rings. The molecule has 0 bridgehead atoms. The normalized spacial score (nSPS) is 17.6. The van der Waals surface area contributed by atoms with Crippen LogP contribution in [-0.4, -0.2) is 35.8 Å². The lowest BCUT2D eigenvalue weighted by Crippen LogP contribution is -2.48. The van der Waals surface area contributed by atoms with Gasteiger partial charge >= 0.3 is 6.18 Å². The van der Waals surface area contributed by atoms with Crippen molar-refractivity contribution in [1.82, 2.24) is 10.3 Å². The van der Waals surface area contributed by atoms with E-state index in [1.54, 1.807) is 12.1 Å². The number of halogens is 3. The fourth-order valence-electron chi connectivity index (χ4n) is 2.95. The zero-order valence-corrected chi connectivity index (χ0v) is 15.4. The van der Waals surface area contributed by atoms with Gasteiger partial charge in [-0.25, -0.2) is 4.98 Å². The van der Waals surface area contributed by atoms with E-state index < -0.39 is 11.7 Å². The van der Waals surface area contributed by atoms with Gasteiger partial charge < -0.3 is 10.2 Å². The van der Waals surface area contributed by atoms with Crippen molar-refractivity contribution in [2.45, 2.75) is 32.0 Å². The summed E-state index contributed by atoms with van der Waals surface area (Å²) in [4.78, 5) is 30.5. The predicted octanol–water partition coefficient (Wildman–Crippen LogP) is 3.76. The lowest BCUT2D eigenvalue weighted by atomic mass is 10.1. The molecule has 144 valence electrons. The number of rotatable bonds is 4. The second-order valence-electron chi connectivity index (χ2n) is 6.38. The molecule has 1 N–H and O–H groups in total. The van der Waals surface area contributed by atoms with E-state index in [2.05, 4.69) is 10.3 Å². The number of Topliss-reactive ketones (excluding diaryl/α,β-unsaturated/α-hetero) is 1. The van der Waals surface area contributed by atoms with Gasteiger partial charge in [-0.1, -0.05) is 0 Å². The van der Waals surface area contributed by atoms with Gasteiger partial charge in [0.2, 0.25) is 0 Å². The fraction of sp³-hybridized carbons (Fsp3) is 0.389. The summed E-state index contributed by atoms with van der Waals surface area (Å²) in [6.45, 7) is 2.58. The van der Waals surface area contributed by atoms with Crippen LogP contribution in [0.2, 0.25) is 0 Å². The molecule has 1 unspecified atom stereocenters. The molecule has 2 aromatic heterocycles. The van der Waals surface area contributed by atoms with Crippen LogP contribution < -0.4 is 10.2 Å². The average Bonchev–Trinajstić information content (AvgIpc) is 3.12. The molecular weight excluding hydrogens is 379 g/mol. The van der Waals surface area contributed by atoms with E-state index in [9.17, 15) is 22.8 Å². The zero-order chi connectivity index (χ0) is 19.6. The van der Waals surface area contributed by atoms with Crippen LogP contribution in [0.15, 0.2) is 30.5 Å². The number of carbonyl (C=O) groups excluding carboxylic acids is 2. The zero-order valence-electron chi connectivity index (χ0n) is 14.5. The van der Waals surface area contributed by atoms with Gasteiger partial charge in [0, 0.05) is 25.3 Å². The van der Waals surface area contributed by atoms with Gasteiger partial charge in [-0.15, -0.1) is 11.3 Å². The summed E-state index contributed by atoms with van der Waals surface area (Å²) in [6, 6.07) is 5.47. The van der Waals surface area contributed by atoms with E-state index in [1.165, 1.54) is 13.0 Å². The number of ketones is 1. The van der Waals surface area contributed by atoms with Gasteiger partial charge in [-0.05, 0) is 44.0 Å². The molecule has 1 fully saturated rings. The Kier molecular flexibility index (Phi) is 5.50. The molecule has 3 heterocycles. The predicted molar refractivity (Wildman–Crippen MR) is 96.3 cm³/mol. The minimum absolute atomic E-state index is 0.0868. The Hall–Kier alpha value is -2.42. The van der Waals surface area contributed by atoms with Crippen molar-refractivity contribution >= 4 is 28.8 Å². The second kappa shape index (κ2) is 7.67. The molecule has 0 saturated carbocycles. The van der Waals surface area contributed by atoms with Crippen LogP contribution in [0, 0.1) is 0 Å². The summed E-state index contributed by atoms with van der Waals surface area (Å²) < 4.78 is 38.0. The summed E-state index contributed by atoms with van der Waals surface area (Å²) in [7, 11) is 0. The standard InChI is InChI=1S/C18H18F3N3O2S/c1-11(25)14-5-6-15(27-14)17(26)23-13-3-2-8-24(10-13)16-7-4-12(9-22-16)18(19,20)21/h4-7,9,13H,2-3,8,10H2,1H3,(H,23,26). The Balaban J connectivity index is 1.63. The van der Waals surface area contributed by atoms with E-state index in [1.807, 2.05) is 4.90 Å². The molecule has 1 aliphatic heterocycles. The Labute approximate surface area is 158 Å². The molecule has 0 radical (unpaired) electrons. The van der Waals surface area contributed by atoms with E-state index in [0.29, 0.717) is 28.7 Å². The van der Waals surface area contributed by atoms with Crippen LogP contribution in [0.25, 0.3) is 0 Å². The van der Waals surface area contributed by atoms with Crippen LogP contribution in [0.4, 0.5) is 19.0 Å². The molecule has 0 aromatic carbocycles. The maximum Gasteiger partial charge on any atom is 0.417 e. The third kappa shape index (κ3) is 4.65. The molecule has 1 saturated heterocycles. The number of pyridine rings is 1. The summed E-state index contributed by atoms with van der Waals surface area (Å²) in [5.41, 5.74) is -0.785. The molecular formula is C18H18F3N3O2S. The number of alkyl halides is 3. The molecule has 1 amide bonds. The maximum absolute atomic E-state index is 12.7. The lowest BCUT2D eigenvalue weighted by Gasteiger charge is -2.34. The highest BCUT2D eigenvalue weighted by molar-refractivity contribution is 7.15. The molecule has 0 spiro atoms. The number of carbonyl (C=O) groups is 2. The van der Waals surface area contributed by atoms with Crippen molar-refractivity contribution in [3.8, 4) is 0 Å². The summed E-state index contributed by atoms with van der Waals surface area (Å²) in [6.07, 6.45) is -2.03. The van der Waals surface area contributed by atoms with Crippen LogP contribution in [0.1, 0.15) is 44.7 Å². The molecule has 27 heavy (non-hydrogen) atoms. The van der Waals surface area contributed by atoms with Crippen molar-refractivity contribution in [3.05, 3.63) is 45.8 Å². The first-order valence-electron chi connectivity index (χ1n) is 8.44. The Bertz CT molecular complexity index is 833. The molecule has 5 nitrogen and oxygen atoms in total. The van der Waals surface area contributed by atoms with Gasteiger partial charge in [0.1, 0.15) is 5.82 Å². The second-order valence-corrected chi connectivity index (χ2v) is 7.47. The van der Waals surface area contributed by atoms with Crippen LogP contribution in [0.3, 0.4) is 0 Å². The highest BCUT2D eigenvalue weighted by Gasteiger charge is 2.31. The number of nitrogens with one attached hydrogen (secondary N) is 1. The molecule has 1 aliphatic rings. The number of aromatic nitrogens is 1. The minimum atomic E-state index is -4.41. The number of anilines is 1. The number of nitrogens with zero attached hydrogens (tertiary/aromatic N) is 2. The van der Waals surface area contributed by atoms with E-state index in [0.717, 1.165) is 36.4 Å². The Morgan fingerprint density at radius 3 is 2.56 bits per heavy atom. The van der Waals surface area contributed by atoms with Crippen LogP contribution in [-0.2, 0) is 6.18 Å². The van der Waals surface area contributed by atoms with Gasteiger partial charge in [0.05, 0.1) is 15.3 Å². The van der Waals surface area contributed by atoms with Gasteiger partial charge in [-0.2, -0.15) is 13.2 Å². The van der Waals surface area contributed by atoms with Crippen molar-refractivity contribution in [3.63, 3.8) is 0 Å². The molecule has 1 atom stereocenters. The maximum atomic E-state index is 12.7. The van der Waals surface area contributed by atoms with Crippen molar-refractivity contribution < 1.29 is 22.8 Å². The highest BCUT2D eigenvalue weighted by Crippen LogP contribution is 2.29. The number of amides is 1. The summed E-state index contributed by atoms with van der Waals surface area (Å²) in [5.74, 6) is 0.118. The number of thiophene rings is 1. The minimum Gasteiger partial charge on any atom is -0.355 e. The smallest absolute Gasteiger partial charge is 0.355 e. The van der Waals surface area contributed by atoms with Gasteiger partial charge in [0.25, 0.3) is 5.91 Å². The van der Waals surface area contributed by atoms with Crippen molar-refractivity contribution in [2.75, 3.05) is 18.0 Å².